The zero-order valence-electron chi connectivity index (χ0n) is 18.5. The van der Waals surface area contributed by atoms with Crippen LogP contribution in [-0.4, -0.2) is 61.3 Å². The number of aryl methyl sites for hydroxylation is 1. The number of nitrogens with one attached hydrogen (secondary N) is 1. The van der Waals surface area contributed by atoms with E-state index in [0.29, 0.717) is 43.4 Å². The SMILES string of the molecule is COc1cc(NC(=O)N2CCN(c3cc(-c4ccc(C)cc4)ncn3)CC2)cc(OC)c1. The highest BCUT2D eigenvalue weighted by Gasteiger charge is 2.22. The summed E-state index contributed by atoms with van der Waals surface area (Å²) in [6, 6.07) is 15.4. The van der Waals surface area contributed by atoms with Gasteiger partial charge in [0.2, 0.25) is 0 Å². The molecule has 2 aromatic carbocycles. The number of carbonyl (C=O) groups is 1. The van der Waals surface area contributed by atoms with E-state index in [0.717, 1.165) is 17.1 Å². The standard InChI is InChI=1S/C24H27N5O3/c1-17-4-6-18(7-5-17)22-15-23(26-16-25-22)28-8-10-29(11-9-28)24(30)27-19-12-20(31-2)14-21(13-19)32-3/h4-7,12-16H,8-11H2,1-3H3,(H,27,30). The Hall–Kier alpha value is -3.81. The molecule has 0 radical (unpaired) electrons. The first-order valence-electron chi connectivity index (χ1n) is 10.5. The lowest BCUT2D eigenvalue weighted by Gasteiger charge is -2.35. The molecule has 0 atom stereocenters. The second-order valence-electron chi connectivity index (χ2n) is 7.63. The highest BCUT2D eigenvalue weighted by atomic mass is 16.5. The number of benzene rings is 2. The number of rotatable bonds is 5. The topological polar surface area (TPSA) is 79.8 Å². The van der Waals surface area contributed by atoms with Gasteiger partial charge in [0.05, 0.1) is 19.9 Å². The van der Waals surface area contributed by atoms with E-state index in [1.165, 1.54) is 5.56 Å². The van der Waals surface area contributed by atoms with Crippen LogP contribution in [0.2, 0.25) is 0 Å². The first-order valence-corrected chi connectivity index (χ1v) is 10.5. The maximum absolute atomic E-state index is 12.8. The zero-order chi connectivity index (χ0) is 22.5. The van der Waals surface area contributed by atoms with Crippen LogP contribution in [0.25, 0.3) is 11.3 Å². The van der Waals surface area contributed by atoms with Crippen molar-refractivity contribution in [2.45, 2.75) is 6.92 Å². The van der Waals surface area contributed by atoms with Crippen molar-refractivity contribution in [3.63, 3.8) is 0 Å². The molecule has 2 heterocycles. The minimum Gasteiger partial charge on any atom is -0.497 e. The molecule has 0 spiro atoms. The normalized spacial score (nSPS) is 13.6. The average molecular weight is 434 g/mol. The lowest BCUT2D eigenvalue weighted by atomic mass is 10.1. The van der Waals surface area contributed by atoms with Crippen molar-refractivity contribution in [3.05, 3.63) is 60.4 Å². The van der Waals surface area contributed by atoms with Gasteiger partial charge in [-0.05, 0) is 6.92 Å². The number of hydrogen-bond acceptors (Lipinski definition) is 6. The summed E-state index contributed by atoms with van der Waals surface area (Å²) < 4.78 is 10.5. The summed E-state index contributed by atoms with van der Waals surface area (Å²) in [5.41, 5.74) is 3.80. The highest BCUT2D eigenvalue weighted by Crippen LogP contribution is 2.26. The molecule has 1 aliphatic heterocycles. The van der Waals surface area contributed by atoms with Gasteiger partial charge >= 0.3 is 6.03 Å². The van der Waals surface area contributed by atoms with Crippen LogP contribution in [0.5, 0.6) is 11.5 Å². The number of carbonyl (C=O) groups excluding carboxylic acids is 1. The number of ether oxygens (including phenoxy) is 2. The molecule has 1 aliphatic rings. The molecule has 0 unspecified atom stereocenters. The summed E-state index contributed by atoms with van der Waals surface area (Å²) in [5.74, 6) is 2.11. The fraction of sp³-hybridized carbons (Fsp3) is 0.292. The summed E-state index contributed by atoms with van der Waals surface area (Å²) in [5, 5.41) is 2.93. The Kier molecular flexibility index (Phi) is 6.39. The van der Waals surface area contributed by atoms with Crippen LogP contribution in [0.1, 0.15) is 5.56 Å². The van der Waals surface area contributed by atoms with Crippen LogP contribution < -0.4 is 19.7 Å². The molecule has 1 saturated heterocycles. The lowest BCUT2D eigenvalue weighted by molar-refractivity contribution is 0.208. The molecule has 166 valence electrons. The Morgan fingerprint density at radius 1 is 0.906 bits per heavy atom. The Morgan fingerprint density at radius 2 is 1.56 bits per heavy atom. The van der Waals surface area contributed by atoms with Crippen molar-refractivity contribution in [3.8, 4) is 22.8 Å². The van der Waals surface area contributed by atoms with Crippen LogP contribution in [0.3, 0.4) is 0 Å². The van der Waals surface area contributed by atoms with Crippen LogP contribution in [0.4, 0.5) is 16.3 Å². The molecule has 3 aromatic rings. The van der Waals surface area contributed by atoms with E-state index in [4.69, 9.17) is 9.47 Å². The molecule has 1 fully saturated rings. The molecule has 1 aromatic heterocycles. The molecule has 8 nitrogen and oxygen atoms in total. The summed E-state index contributed by atoms with van der Waals surface area (Å²) in [6.45, 7) is 4.64. The van der Waals surface area contributed by atoms with Gasteiger partial charge in [0, 0.05) is 61.7 Å². The van der Waals surface area contributed by atoms with Gasteiger partial charge in [-0.15, -0.1) is 0 Å². The molecule has 0 aliphatic carbocycles. The van der Waals surface area contributed by atoms with Crippen molar-refractivity contribution >= 4 is 17.5 Å². The van der Waals surface area contributed by atoms with Crippen molar-refractivity contribution in [1.29, 1.82) is 0 Å². The molecule has 0 saturated carbocycles. The monoisotopic (exact) mass is 433 g/mol. The van der Waals surface area contributed by atoms with Crippen molar-refractivity contribution in [2.24, 2.45) is 0 Å². The van der Waals surface area contributed by atoms with E-state index in [2.05, 4.69) is 51.4 Å². The maximum atomic E-state index is 12.8. The lowest BCUT2D eigenvalue weighted by Crippen LogP contribution is -2.50. The van der Waals surface area contributed by atoms with Crippen LogP contribution in [0.15, 0.2) is 54.9 Å². The van der Waals surface area contributed by atoms with Crippen molar-refractivity contribution in [2.75, 3.05) is 50.6 Å². The third kappa shape index (κ3) is 4.91. The van der Waals surface area contributed by atoms with E-state index in [-0.39, 0.29) is 6.03 Å². The average Bonchev–Trinajstić information content (AvgIpc) is 2.84. The molecule has 4 rings (SSSR count). The Morgan fingerprint density at radius 3 is 2.19 bits per heavy atom. The smallest absolute Gasteiger partial charge is 0.321 e. The van der Waals surface area contributed by atoms with Gasteiger partial charge in [-0.1, -0.05) is 29.8 Å². The van der Waals surface area contributed by atoms with E-state index in [9.17, 15) is 4.79 Å². The van der Waals surface area contributed by atoms with E-state index in [1.807, 2.05) is 6.07 Å². The number of hydrogen-bond donors (Lipinski definition) is 1. The molecular formula is C24H27N5O3. The summed E-state index contributed by atoms with van der Waals surface area (Å²) in [4.78, 5) is 25.6. The summed E-state index contributed by atoms with van der Waals surface area (Å²) in [7, 11) is 3.16. The Labute approximate surface area is 187 Å². The van der Waals surface area contributed by atoms with Crippen LogP contribution in [0, 0.1) is 6.92 Å². The highest BCUT2D eigenvalue weighted by molar-refractivity contribution is 5.90. The minimum atomic E-state index is -0.150. The van der Waals surface area contributed by atoms with Gasteiger partial charge in [-0.2, -0.15) is 0 Å². The Bertz CT molecular complexity index is 1060. The van der Waals surface area contributed by atoms with Gasteiger partial charge in [0.1, 0.15) is 23.6 Å². The number of piperazine rings is 1. The molecule has 1 N–H and O–H groups in total. The van der Waals surface area contributed by atoms with Gasteiger partial charge in [0.15, 0.2) is 0 Å². The minimum absolute atomic E-state index is 0.150. The molecule has 32 heavy (non-hydrogen) atoms. The molecular weight excluding hydrogens is 406 g/mol. The van der Waals surface area contributed by atoms with Crippen molar-refractivity contribution in [1.82, 2.24) is 14.9 Å². The van der Waals surface area contributed by atoms with Gasteiger partial charge in [0.25, 0.3) is 0 Å². The number of nitrogens with zero attached hydrogens (tertiary/aromatic N) is 4. The first-order chi connectivity index (χ1) is 15.6. The van der Waals surface area contributed by atoms with E-state index < -0.39 is 0 Å². The summed E-state index contributed by atoms with van der Waals surface area (Å²) >= 11 is 0. The van der Waals surface area contributed by atoms with Gasteiger partial charge < -0.3 is 24.6 Å². The second kappa shape index (κ2) is 9.55. The van der Waals surface area contributed by atoms with Crippen molar-refractivity contribution < 1.29 is 14.3 Å². The molecule has 2 amide bonds. The quantitative estimate of drug-likeness (QED) is 0.659. The predicted molar refractivity (Wildman–Crippen MR) is 125 cm³/mol. The molecule has 8 heteroatoms. The van der Waals surface area contributed by atoms with E-state index >= 15 is 0 Å². The maximum Gasteiger partial charge on any atom is 0.321 e. The van der Waals surface area contributed by atoms with E-state index in [1.54, 1.807) is 43.6 Å². The number of aromatic nitrogens is 2. The van der Waals surface area contributed by atoms with Gasteiger partial charge in [-0.3, -0.25) is 0 Å². The number of urea groups is 1. The molecule has 0 bridgehead atoms. The predicted octanol–water partition coefficient (Wildman–Crippen LogP) is 3.82. The van der Waals surface area contributed by atoms with Crippen LogP contribution >= 0.6 is 0 Å². The third-order valence-corrected chi connectivity index (χ3v) is 5.49. The Balaban J connectivity index is 1.38. The zero-order valence-corrected chi connectivity index (χ0v) is 18.5. The number of amides is 2. The third-order valence-electron chi connectivity index (χ3n) is 5.49. The fourth-order valence-corrected chi connectivity index (χ4v) is 3.62. The number of methoxy groups -OCH3 is 2. The number of anilines is 2. The van der Waals surface area contributed by atoms with Gasteiger partial charge in [-0.25, -0.2) is 14.8 Å². The second-order valence-corrected chi connectivity index (χ2v) is 7.63. The largest absolute Gasteiger partial charge is 0.497 e. The summed E-state index contributed by atoms with van der Waals surface area (Å²) in [6.07, 6.45) is 1.60. The first kappa shape index (κ1) is 21.4. The fourth-order valence-electron chi connectivity index (χ4n) is 3.62. The van der Waals surface area contributed by atoms with Crippen LogP contribution in [-0.2, 0) is 0 Å².